The first kappa shape index (κ1) is 24.1. The Kier molecular flexibility index (Phi) is 7.45. The number of ether oxygens (including phenoxy) is 1. The van der Waals surface area contributed by atoms with Gasteiger partial charge >= 0.3 is 0 Å². The van der Waals surface area contributed by atoms with E-state index in [1.54, 1.807) is 0 Å². The van der Waals surface area contributed by atoms with Crippen LogP contribution in [0.5, 0.6) is 0 Å². The molecule has 0 spiro atoms. The van der Waals surface area contributed by atoms with E-state index >= 15 is 0 Å². The van der Waals surface area contributed by atoms with Gasteiger partial charge in [0.1, 0.15) is 0 Å². The second kappa shape index (κ2) is 10.5. The molecule has 1 saturated heterocycles. The summed E-state index contributed by atoms with van der Waals surface area (Å²) < 4.78 is 35.0. The smallest absolute Gasteiger partial charge is 0.251 e. The number of hydrogen-bond donors (Lipinski definition) is 2. The van der Waals surface area contributed by atoms with Crippen LogP contribution in [0, 0.1) is 13.8 Å². The molecule has 0 radical (unpaired) electrons. The molecule has 1 amide bonds. The fraction of sp³-hybridized carbons (Fsp3) is 0.360. The highest BCUT2D eigenvalue weighted by Crippen LogP contribution is 2.16. The molecule has 3 aromatic rings. The van der Waals surface area contributed by atoms with Crippen molar-refractivity contribution in [3.63, 3.8) is 0 Å². The van der Waals surface area contributed by atoms with Gasteiger partial charge in [0.15, 0.2) is 0 Å². The molecule has 1 fully saturated rings. The Morgan fingerprint density at radius 2 is 1.85 bits per heavy atom. The first-order chi connectivity index (χ1) is 16.3. The van der Waals surface area contributed by atoms with E-state index in [4.69, 9.17) is 4.74 Å². The van der Waals surface area contributed by atoms with E-state index in [1.807, 2.05) is 36.7 Å². The zero-order valence-corrected chi connectivity index (χ0v) is 20.3. The van der Waals surface area contributed by atoms with E-state index in [1.165, 1.54) is 24.3 Å². The predicted molar refractivity (Wildman–Crippen MR) is 129 cm³/mol. The van der Waals surface area contributed by atoms with E-state index in [0.717, 1.165) is 35.4 Å². The topological polar surface area (TPSA) is 102 Å². The summed E-state index contributed by atoms with van der Waals surface area (Å²) >= 11 is 0. The standard InChI is InChI=1S/C25H30N4O4S/c1-18-24(19(2)29(28-18)17-20-7-4-3-5-8-20)16-26-25(30)21-10-12-23(13-11-21)34(31,32)27-15-22-9-6-14-33-22/h3-5,7-8,10-13,22,27H,6,9,14-17H2,1-2H3,(H,26,30)/t22-/m1/s1. The molecule has 1 atom stereocenters. The van der Waals surface area contributed by atoms with Crippen LogP contribution in [0.1, 0.15) is 45.7 Å². The number of nitrogens with one attached hydrogen (secondary N) is 2. The fourth-order valence-corrected chi connectivity index (χ4v) is 5.11. The molecule has 2 heterocycles. The van der Waals surface area contributed by atoms with Crippen LogP contribution < -0.4 is 10.0 Å². The molecule has 8 nitrogen and oxygen atoms in total. The van der Waals surface area contributed by atoms with Crippen molar-refractivity contribution in [1.29, 1.82) is 0 Å². The molecule has 34 heavy (non-hydrogen) atoms. The normalized spacial score (nSPS) is 16.0. The Bertz CT molecular complexity index is 1230. The van der Waals surface area contributed by atoms with Crippen molar-refractivity contribution in [1.82, 2.24) is 19.8 Å². The number of rotatable bonds is 9. The second-order valence-electron chi connectivity index (χ2n) is 8.49. The zero-order chi connectivity index (χ0) is 24.1. The third-order valence-corrected chi connectivity index (χ3v) is 7.52. The Labute approximate surface area is 200 Å². The summed E-state index contributed by atoms with van der Waals surface area (Å²) in [7, 11) is -3.65. The highest BCUT2D eigenvalue weighted by molar-refractivity contribution is 7.89. The minimum Gasteiger partial charge on any atom is -0.377 e. The van der Waals surface area contributed by atoms with Gasteiger partial charge < -0.3 is 10.1 Å². The van der Waals surface area contributed by atoms with Crippen molar-refractivity contribution < 1.29 is 17.9 Å². The fourth-order valence-electron chi connectivity index (χ4n) is 4.05. The number of aryl methyl sites for hydroxylation is 1. The molecule has 0 aliphatic carbocycles. The van der Waals surface area contributed by atoms with Gasteiger partial charge in [0.2, 0.25) is 10.0 Å². The lowest BCUT2D eigenvalue weighted by Crippen LogP contribution is -2.31. The third-order valence-electron chi connectivity index (χ3n) is 6.08. The second-order valence-corrected chi connectivity index (χ2v) is 10.3. The van der Waals surface area contributed by atoms with Crippen molar-refractivity contribution in [2.24, 2.45) is 0 Å². The minimum absolute atomic E-state index is 0.0798. The van der Waals surface area contributed by atoms with E-state index < -0.39 is 10.0 Å². The van der Waals surface area contributed by atoms with E-state index in [2.05, 4.69) is 27.3 Å². The summed E-state index contributed by atoms with van der Waals surface area (Å²) in [6.07, 6.45) is 1.72. The van der Waals surface area contributed by atoms with E-state index in [0.29, 0.717) is 25.3 Å². The Hall–Kier alpha value is -3.01. The lowest BCUT2D eigenvalue weighted by molar-refractivity contribution is 0.0950. The zero-order valence-electron chi connectivity index (χ0n) is 19.5. The lowest BCUT2D eigenvalue weighted by atomic mass is 10.1. The number of carbonyl (C=O) groups is 1. The van der Waals surface area contributed by atoms with Crippen LogP contribution in [-0.2, 0) is 27.8 Å². The molecule has 0 saturated carbocycles. The van der Waals surface area contributed by atoms with Crippen molar-refractivity contribution >= 4 is 15.9 Å². The first-order valence-corrected chi connectivity index (χ1v) is 12.9. The molecule has 0 unspecified atom stereocenters. The molecular weight excluding hydrogens is 452 g/mol. The van der Waals surface area contributed by atoms with Crippen LogP contribution in [-0.4, -0.2) is 43.4 Å². The number of aromatic nitrogens is 2. The van der Waals surface area contributed by atoms with E-state index in [9.17, 15) is 13.2 Å². The summed E-state index contributed by atoms with van der Waals surface area (Å²) in [6, 6.07) is 16.0. The van der Waals surface area contributed by atoms with Crippen molar-refractivity contribution in [3.05, 3.63) is 82.7 Å². The summed E-state index contributed by atoms with van der Waals surface area (Å²) in [5.41, 5.74) is 4.39. The number of hydrogen-bond acceptors (Lipinski definition) is 5. The Morgan fingerprint density at radius 1 is 1.12 bits per heavy atom. The van der Waals surface area contributed by atoms with Crippen LogP contribution in [0.2, 0.25) is 0 Å². The van der Waals surface area contributed by atoms with Gasteiger partial charge in [-0.3, -0.25) is 9.48 Å². The highest BCUT2D eigenvalue weighted by atomic mass is 32.2. The van der Waals surface area contributed by atoms with Gasteiger partial charge in [-0.15, -0.1) is 0 Å². The van der Waals surface area contributed by atoms with Gasteiger partial charge in [0.25, 0.3) is 5.91 Å². The maximum absolute atomic E-state index is 12.7. The molecule has 2 aromatic carbocycles. The maximum atomic E-state index is 12.7. The third kappa shape index (κ3) is 5.72. The van der Waals surface area contributed by atoms with Crippen LogP contribution >= 0.6 is 0 Å². The molecule has 1 aliphatic rings. The molecule has 180 valence electrons. The summed E-state index contributed by atoms with van der Waals surface area (Å²) in [4.78, 5) is 12.8. The number of sulfonamides is 1. The van der Waals surface area contributed by atoms with Gasteiger partial charge in [-0.25, -0.2) is 13.1 Å². The number of benzene rings is 2. The molecule has 1 aromatic heterocycles. The van der Waals surface area contributed by atoms with Crippen LogP contribution in [0.25, 0.3) is 0 Å². The molecule has 9 heteroatoms. The van der Waals surface area contributed by atoms with Gasteiger partial charge in [-0.05, 0) is 56.5 Å². The van der Waals surface area contributed by atoms with Gasteiger partial charge in [0, 0.05) is 36.5 Å². The molecule has 0 bridgehead atoms. The van der Waals surface area contributed by atoms with E-state index in [-0.39, 0.29) is 23.5 Å². The highest BCUT2D eigenvalue weighted by Gasteiger charge is 2.21. The molecule has 1 aliphatic heterocycles. The number of carbonyl (C=O) groups excluding carboxylic acids is 1. The average molecular weight is 483 g/mol. The average Bonchev–Trinajstić information content (AvgIpc) is 3.45. The maximum Gasteiger partial charge on any atom is 0.251 e. The summed E-state index contributed by atoms with van der Waals surface area (Å²) in [5.74, 6) is -0.272. The predicted octanol–water partition coefficient (Wildman–Crippen LogP) is 2.94. The summed E-state index contributed by atoms with van der Waals surface area (Å²) in [6.45, 7) is 5.85. The number of nitrogens with zero attached hydrogens (tertiary/aromatic N) is 2. The summed E-state index contributed by atoms with van der Waals surface area (Å²) in [5, 5.41) is 7.54. The first-order valence-electron chi connectivity index (χ1n) is 11.4. The SMILES string of the molecule is Cc1nn(Cc2ccccc2)c(C)c1CNC(=O)c1ccc(S(=O)(=O)NC[C@H]2CCCO2)cc1. The molecule has 2 N–H and O–H groups in total. The minimum atomic E-state index is -3.65. The lowest BCUT2D eigenvalue weighted by Gasteiger charge is -2.12. The Morgan fingerprint density at radius 3 is 2.53 bits per heavy atom. The van der Waals surface area contributed by atoms with Crippen LogP contribution in [0.15, 0.2) is 59.5 Å². The van der Waals surface area contributed by atoms with Crippen molar-refractivity contribution in [3.8, 4) is 0 Å². The number of amides is 1. The quantitative estimate of drug-likeness (QED) is 0.488. The van der Waals surface area contributed by atoms with Gasteiger partial charge in [-0.1, -0.05) is 30.3 Å². The van der Waals surface area contributed by atoms with Gasteiger partial charge in [0.05, 0.1) is 23.2 Å². The monoisotopic (exact) mass is 482 g/mol. The van der Waals surface area contributed by atoms with Crippen molar-refractivity contribution in [2.75, 3.05) is 13.2 Å². The van der Waals surface area contributed by atoms with Crippen LogP contribution in [0.3, 0.4) is 0 Å². The Balaban J connectivity index is 1.36. The van der Waals surface area contributed by atoms with Crippen molar-refractivity contribution in [2.45, 2.75) is 50.8 Å². The largest absolute Gasteiger partial charge is 0.377 e. The van der Waals surface area contributed by atoms with Crippen LogP contribution in [0.4, 0.5) is 0 Å². The van der Waals surface area contributed by atoms with Gasteiger partial charge in [-0.2, -0.15) is 5.10 Å². The molecular formula is C25H30N4O4S. The molecule has 4 rings (SSSR count).